The Kier molecular flexibility index (Phi) is 2.06. The van der Waals surface area contributed by atoms with E-state index in [9.17, 15) is 4.79 Å². The van der Waals surface area contributed by atoms with E-state index >= 15 is 0 Å². The van der Waals surface area contributed by atoms with Crippen LogP contribution in [-0.4, -0.2) is 24.9 Å². The van der Waals surface area contributed by atoms with E-state index in [-0.39, 0.29) is 5.54 Å². The number of quaternary nitrogens is 1. The Hall–Kier alpha value is -0.370. The highest BCUT2D eigenvalue weighted by atomic mass is 16.1. The number of carbonyl (C=O) groups excluding carboxylic acids is 1. The lowest BCUT2D eigenvalue weighted by Crippen LogP contribution is -3.19. The van der Waals surface area contributed by atoms with E-state index in [2.05, 4.69) is 14.0 Å². The van der Waals surface area contributed by atoms with Gasteiger partial charge in [0.15, 0.2) is 11.3 Å². The smallest absolute Gasteiger partial charge is 0.192 e. The summed E-state index contributed by atoms with van der Waals surface area (Å²) in [4.78, 5) is 12.9. The molecule has 1 unspecified atom stereocenters. The molecular weight excluding hydrogens is 138 g/mol. The Bertz CT molecular complexity index is 174. The van der Waals surface area contributed by atoms with Crippen LogP contribution in [0.2, 0.25) is 0 Å². The molecule has 11 heavy (non-hydrogen) atoms. The number of piperidine rings is 1. The molecule has 0 radical (unpaired) electrons. The number of ketones is 1. The van der Waals surface area contributed by atoms with E-state index < -0.39 is 0 Å². The molecule has 0 aliphatic carbocycles. The summed E-state index contributed by atoms with van der Waals surface area (Å²) >= 11 is 0. The molecule has 2 heteroatoms. The lowest BCUT2D eigenvalue weighted by molar-refractivity contribution is -0.925. The van der Waals surface area contributed by atoms with Crippen LogP contribution in [-0.2, 0) is 4.79 Å². The molecule has 0 amide bonds. The third-order valence-electron chi connectivity index (χ3n) is 2.95. The standard InChI is InChI=1S/C9H17NO/c1-7-5-8(11)9(2,3)10(4)6-7/h7H,5-6H2,1-4H3/p+1/t7-/m0/s1. The van der Waals surface area contributed by atoms with Crippen molar-refractivity contribution in [1.82, 2.24) is 0 Å². The minimum absolute atomic E-state index is 0.146. The van der Waals surface area contributed by atoms with Gasteiger partial charge in [-0.25, -0.2) is 0 Å². The number of hydrogen-bond acceptors (Lipinski definition) is 1. The Balaban J connectivity index is 2.76. The van der Waals surface area contributed by atoms with E-state index in [1.54, 1.807) is 0 Å². The van der Waals surface area contributed by atoms with Crippen LogP contribution in [0.25, 0.3) is 0 Å². The van der Waals surface area contributed by atoms with E-state index in [1.165, 1.54) is 4.90 Å². The minimum Gasteiger partial charge on any atom is -0.327 e. The van der Waals surface area contributed by atoms with Gasteiger partial charge in [0, 0.05) is 12.3 Å². The number of likely N-dealkylation sites (tertiary alicyclic amines) is 1. The summed E-state index contributed by atoms with van der Waals surface area (Å²) in [6.45, 7) is 7.35. The van der Waals surface area contributed by atoms with Crippen molar-refractivity contribution < 1.29 is 9.69 Å². The fourth-order valence-electron chi connectivity index (χ4n) is 1.66. The predicted molar refractivity (Wildman–Crippen MR) is 44.6 cm³/mol. The van der Waals surface area contributed by atoms with Crippen LogP contribution < -0.4 is 4.90 Å². The molecule has 1 heterocycles. The van der Waals surface area contributed by atoms with E-state index in [4.69, 9.17) is 0 Å². The second-order valence-electron chi connectivity index (χ2n) is 4.34. The molecule has 0 aromatic rings. The molecule has 0 saturated carbocycles. The summed E-state index contributed by atoms with van der Waals surface area (Å²) in [5.41, 5.74) is -0.146. The first kappa shape index (κ1) is 8.72. The van der Waals surface area contributed by atoms with Crippen molar-refractivity contribution in [3.8, 4) is 0 Å². The van der Waals surface area contributed by atoms with Crippen molar-refractivity contribution in [3.63, 3.8) is 0 Å². The summed E-state index contributed by atoms with van der Waals surface area (Å²) in [6.07, 6.45) is 0.768. The quantitative estimate of drug-likeness (QED) is 0.519. The van der Waals surface area contributed by atoms with Gasteiger partial charge < -0.3 is 4.90 Å². The van der Waals surface area contributed by atoms with Crippen LogP contribution in [0.3, 0.4) is 0 Å². The molecule has 0 aromatic heterocycles. The summed E-state index contributed by atoms with van der Waals surface area (Å²) in [5.74, 6) is 0.976. The monoisotopic (exact) mass is 156 g/mol. The highest BCUT2D eigenvalue weighted by molar-refractivity contribution is 5.86. The molecule has 1 saturated heterocycles. The van der Waals surface area contributed by atoms with Gasteiger partial charge in [-0.1, -0.05) is 6.92 Å². The number of hydrogen-bond donors (Lipinski definition) is 1. The Morgan fingerprint density at radius 2 is 2.09 bits per heavy atom. The normalized spacial score (nSPS) is 37.3. The second-order valence-corrected chi connectivity index (χ2v) is 4.34. The molecule has 1 N–H and O–H groups in total. The second kappa shape index (κ2) is 2.59. The van der Waals surface area contributed by atoms with Gasteiger partial charge in [-0.15, -0.1) is 0 Å². The number of rotatable bonds is 0. The summed E-state index contributed by atoms with van der Waals surface area (Å²) in [5, 5.41) is 0. The zero-order chi connectivity index (χ0) is 8.65. The van der Waals surface area contributed by atoms with Crippen LogP contribution in [0.5, 0.6) is 0 Å². The SMILES string of the molecule is C[C@H]1CC(=O)C(C)(C)[NH+](C)C1. The van der Waals surface area contributed by atoms with Crippen LogP contribution in [0.15, 0.2) is 0 Å². The molecule has 1 aliphatic heterocycles. The van der Waals surface area contributed by atoms with E-state index in [1.807, 2.05) is 13.8 Å². The highest BCUT2D eigenvalue weighted by Crippen LogP contribution is 2.13. The first-order valence-electron chi connectivity index (χ1n) is 4.31. The van der Waals surface area contributed by atoms with Gasteiger partial charge >= 0.3 is 0 Å². The van der Waals surface area contributed by atoms with Crippen molar-refractivity contribution >= 4 is 5.78 Å². The average molecular weight is 156 g/mol. The molecule has 2 nitrogen and oxygen atoms in total. The first-order chi connectivity index (χ1) is 4.94. The average Bonchev–Trinajstić information content (AvgIpc) is 1.84. The maximum absolute atomic E-state index is 11.5. The number of likely N-dealkylation sites (N-methyl/N-ethyl adjacent to an activating group) is 1. The highest BCUT2D eigenvalue weighted by Gasteiger charge is 2.41. The lowest BCUT2D eigenvalue weighted by Gasteiger charge is -2.37. The largest absolute Gasteiger partial charge is 0.327 e. The van der Waals surface area contributed by atoms with Gasteiger partial charge in [0.2, 0.25) is 0 Å². The van der Waals surface area contributed by atoms with Crippen LogP contribution in [0.1, 0.15) is 27.2 Å². The summed E-state index contributed by atoms with van der Waals surface area (Å²) in [7, 11) is 2.10. The van der Waals surface area contributed by atoms with Crippen molar-refractivity contribution in [3.05, 3.63) is 0 Å². The Morgan fingerprint density at radius 3 is 2.55 bits per heavy atom. The summed E-state index contributed by atoms with van der Waals surface area (Å²) < 4.78 is 0. The zero-order valence-electron chi connectivity index (χ0n) is 7.90. The van der Waals surface area contributed by atoms with Gasteiger partial charge in [0.25, 0.3) is 0 Å². The zero-order valence-corrected chi connectivity index (χ0v) is 7.90. The van der Waals surface area contributed by atoms with Gasteiger partial charge in [-0.2, -0.15) is 0 Å². The predicted octanol–water partition coefficient (Wildman–Crippen LogP) is -0.111. The topological polar surface area (TPSA) is 21.5 Å². The van der Waals surface area contributed by atoms with Gasteiger partial charge in [0.05, 0.1) is 13.6 Å². The maximum atomic E-state index is 11.5. The molecule has 1 rings (SSSR count). The minimum atomic E-state index is -0.146. The van der Waals surface area contributed by atoms with Gasteiger partial charge in [0.1, 0.15) is 0 Å². The van der Waals surface area contributed by atoms with E-state index in [0.717, 1.165) is 13.0 Å². The molecule has 1 aliphatic rings. The Labute approximate surface area is 68.6 Å². The van der Waals surface area contributed by atoms with E-state index in [0.29, 0.717) is 11.7 Å². The van der Waals surface area contributed by atoms with Gasteiger partial charge in [-0.3, -0.25) is 4.79 Å². The molecule has 0 bridgehead atoms. The molecule has 0 spiro atoms. The summed E-state index contributed by atoms with van der Waals surface area (Å²) in [6, 6.07) is 0. The van der Waals surface area contributed by atoms with Crippen LogP contribution in [0.4, 0.5) is 0 Å². The third kappa shape index (κ3) is 1.45. The van der Waals surface area contributed by atoms with Crippen LogP contribution >= 0.6 is 0 Å². The first-order valence-corrected chi connectivity index (χ1v) is 4.31. The molecule has 64 valence electrons. The number of Topliss-reactive ketones (excluding diaryl/α,β-unsaturated/α-hetero) is 1. The van der Waals surface area contributed by atoms with Crippen molar-refractivity contribution in [1.29, 1.82) is 0 Å². The molecular formula is C9H18NO+. The van der Waals surface area contributed by atoms with Crippen molar-refractivity contribution in [2.45, 2.75) is 32.7 Å². The number of carbonyl (C=O) groups is 1. The fourth-order valence-corrected chi connectivity index (χ4v) is 1.66. The Morgan fingerprint density at radius 1 is 1.55 bits per heavy atom. The van der Waals surface area contributed by atoms with Crippen LogP contribution in [0, 0.1) is 5.92 Å². The van der Waals surface area contributed by atoms with Gasteiger partial charge in [-0.05, 0) is 13.8 Å². The lowest BCUT2D eigenvalue weighted by atomic mass is 9.85. The fraction of sp³-hybridized carbons (Fsp3) is 0.889. The molecule has 2 atom stereocenters. The third-order valence-corrected chi connectivity index (χ3v) is 2.95. The number of nitrogens with one attached hydrogen (secondary N) is 1. The molecule has 1 fully saturated rings. The maximum Gasteiger partial charge on any atom is 0.192 e. The molecule has 0 aromatic carbocycles. The van der Waals surface area contributed by atoms with Crippen molar-refractivity contribution in [2.24, 2.45) is 5.92 Å². The van der Waals surface area contributed by atoms with Crippen molar-refractivity contribution in [2.75, 3.05) is 13.6 Å².